The van der Waals surface area contributed by atoms with Crippen LogP contribution in [0.2, 0.25) is 5.02 Å². The van der Waals surface area contributed by atoms with E-state index < -0.39 is 11.6 Å². The molecule has 3 aromatic rings. The number of fused-ring (bicyclic) bond motifs is 1. The average molecular weight is 508 g/mol. The van der Waals surface area contributed by atoms with Crippen molar-refractivity contribution in [2.24, 2.45) is 10.7 Å². The molecule has 1 aliphatic rings. The number of benzene rings is 1. The highest BCUT2D eigenvalue weighted by molar-refractivity contribution is 9.10. The second-order valence-electron chi connectivity index (χ2n) is 7.06. The molecule has 1 fully saturated rings. The van der Waals surface area contributed by atoms with E-state index in [-0.39, 0.29) is 22.5 Å². The highest BCUT2D eigenvalue weighted by atomic mass is 79.9. The molecule has 0 radical (unpaired) electrons. The van der Waals surface area contributed by atoms with Crippen LogP contribution in [0.25, 0.3) is 22.3 Å². The lowest BCUT2D eigenvalue weighted by molar-refractivity contribution is 0.0227. The first-order valence-corrected chi connectivity index (χ1v) is 10.8. The van der Waals surface area contributed by atoms with Crippen LogP contribution in [-0.2, 0) is 4.74 Å². The zero-order chi connectivity index (χ0) is 22.0. The van der Waals surface area contributed by atoms with Crippen LogP contribution in [0.15, 0.2) is 46.0 Å². The molecule has 0 saturated carbocycles. The standard InChI is InChI=1S/C22H18BrClF2N4O/c23-12-7-20-19(28-10-12)5-4-18(30-20)14(11-29-21-3-1-2-6-31-21)22(27)13-8-15(24)17(26)9-16(13)25/h4-5,7-11,21H,1-3,6,27H2. The van der Waals surface area contributed by atoms with E-state index in [1.807, 2.05) is 6.07 Å². The molecular formula is C22H18BrClF2N4O. The molecule has 0 amide bonds. The Hall–Kier alpha value is -2.42. The Morgan fingerprint density at radius 1 is 1.19 bits per heavy atom. The summed E-state index contributed by atoms with van der Waals surface area (Å²) in [5, 5.41) is -0.231. The number of hydrogen-bond donors (Lipinski definition) is 1. The molecule has 9 heteroatoms. The Morgan fingerprint density at radius 2 is 2.03 bits per heavy atom. The van der Waals surface area contributed by atoms with Gasteiger partial charge in [0, 0.05) is 40.7 Å². The number of allylic oxidation sites excluding steroid dienone is 1. The van der Waals surface area contributed by atoms with Gasteiger partial charge in [-0.25, -0.2) is 13.8 Å². The number of hydrogen-bond acceptors (Lipinski definition) is 5. The zero-order valence-corrected chi connectivity index (χ0v) is 18.6. The predicted molar refractivity (Wildman–Crippen MR) is 122 cm³/mol. The van der Waals surface area contributed by atoms with Crippen molar-refractivity contribution < 1.29 is 13.5 Å². The van der Waals surface area contributed by atoms with Crippen molar-refractivity contribution in [2.75, 3.05) is 6.61 Å². The first kappa shape index (κ1) is 21.8. The van der Waals surface area contributed by atoms with E-state index in [4.69, 9.17) is 22.1 Å². The van der Waals surface area contributed by atoms with Crippen molar-refractivity contribution in [2.45, 2.75) is 25.5 Å². The number of halogens is 4. The maximum atomic E-state index is 14.5. The van der Waals surface area contributed by atoms with Crippen molar-refractivity contribution in [1.29, 1.82) is 0 Å². The van der Waals surface area contributed by atoms with Crippen LogP contribution in [-0.4, -0.2) is 29.0 Å². The van der Waals surface area contributed by atoms with E-state index in [9.17, 15) is 8.78 Å². The highest BCUT2D eigenvalue weighted by Gasteiger charge is 2.17. The molecule has 0 spiro atoms. The van der Waals surface area contributed by atoms with Crippen LogP contribution in [0.1, 0.15) is 30.5 Å². The van der Waals surface area contributed by atoms with Gasteiger partial charge in [0.05, 0.1) is 27.4 Å². The fraction of sp³-hybridized carbons (Fsp3) is 0.227. The molecule has 0 aliphatic carbocycles. The molecule has 1 saturated heterocycles. The van der Waals surface area contributed by atoms with Gasteiger partial charge in [-0.15, -0.1) is 0 Å². The summed E-state index contributed by atoms with van der Waals surface area (Å²) in [4.78, 5) is 13.4. The number of ether oxygens (including phenoxy) is 1. The second kappa shape index (κ2) is 9.38. The topological polar surface area (TPSA) is 73.4 Å². The SMILES string of the molecule is NC(=C(C=NC1CCCCO1)c1ccc2ncc(Br)cc2n1)c1cc(Cl)c(F)cc1F. The van der Waals surface area contributed by atoms with E-state index in [0.717, 1.165) is 29.8 Å². The minimum Gasteiger partial charge on any atom is -0.398 e. The number of nitrogens with two attached hydrogens (primary N) is 1. The Balaban J connectivity index is 1.85. The summed E-state index contributed by atoms with van der Waals surface area (Å²) in [5.41, 5.74) is 8.49. The maximum absolute atomic E-state index is 14.5. The largest absolute Gasteiger partial charge is 0.398 e. The third kappa shape index (κ3) is 4.92. The summed E-state index contributed by atoms with van der Waals surface area (Å²) >= 11 is 9.26. The fourth-order valence-electron chi connectivity index (χ4n) is 3.28. The van der Waals surface area contributed by atoms with Crippen molar-refractivity contribution in [3.63, 3.8) is 0 Å². The smallest absolute Gasteiger partial charge is 0.148 e. The van der Waals surface area contributed by atoms with E-state index in [2.05, 4.69) is 30.9 Å². The maximum Gasteiger partial charge on any atom is 0.148 e. The van der Waals surface area contributed by atoms with Crippen molar-refractivity contribution in [1.82, 2.24) is 9.97 Å². The number of pyridine rings is 2. The Bertz CT molecular complexity index is 1200. The third-order valence-electron chi connectivity index (χ3n) is 4.90. The lowest BCUT2D eigenvalue weighted by atomic mass is 10.0. The van der Waals surface area contributed by atoms with E-state index in [0.29, 0.717) is 35.0 Å². The average Bonchev–Trinajstić information content (AvgIpc) is 2.76. The van der Waals surface area contributed by atoms with Crippen molar-refractivity contribution in [3.05, 3.63) is 68.9 Å². The number of nitrogens with zero attached hydrogens (tertiary/aromatic N) is 3. The summed E-state index contributed by atoms with van der Waals surface area (Å²) in [6.45, 7) is 0.632. The first-order valence-electron chi connectivity index (χ1n) is 9.64. The van der Waals surface area contributed by atoms with Gasteiger partial charge in [0.2, 0.25) is 0 Å². The van der Waals surface area contributed by atoms with Gasteiger partial charge in [-0.2, -0.15) is 0 Å². The van der Waals surface area contributed by atoms with Crippen LogP contribution >= 0.6 is 27.5 Å². The molecule has 2 N–H and O–H groups in total. The van der Waals surface area contributed by atoms with Crippen LogP contribution in [0.4, 0.5) is 8.78 Å². The van der Waals surface area contributed by atoms with Gasteiger partial charge in [0.1, 0.15) is 17.9 Å². The van der Waals surface area contributed by atoms with Gasteiger partial charge in [0.15, 0.2) is 0 Å². The lowest BCUT2D eigenvalue weighted by Crippen LogP contribution is -2.17. The molecule has 1 atom stereocenters. The molecule has 160 valence electrons. The number of rotatable bonds is 4. The summed E-state index contributed by atoms with van der Waals surface area (Å²) in [7, 11) is 0. The highest BCUT2D eigenvalue weighted by Crippen LogP contribution is 2.28. The molecule has 1 aliphatic heterocycles. The molecular weight excluding hydrogens is 490 g/mol. The molecule has 3 heterocycles. The lowest BCUT2D eigenvalue weighted by Gasteiger charge is -2.19. The van der Waals surface area contributed by atoms with Crippen LogP contribution in [0.5, 0.6) is 0 Å². The minimum absolute atomic E-state index is 0.0355. The third-order valence-corrected chi connectivity index (χ3v) is 5.62. The van der Waals surface area contributed by atoms with Crippen LogP contribution < -0.4 is 5.73 Å². The van der Waals surface area contributed by atoms with Crippen LogP contribution in [0, 0.1) is 11.6 Å². The van der Waals surface area contributed by atoms with Gasteiger partial charge in [0.25, 0.3) is 0 Å². The zero-order valence-electron chi connectivity index (χ0n) is 16.3. The minimum atomic E-state index is -0.860. The second-order valence-corrected chi connectivity index (χ2v) is 8.38. The molecule has 2 aromatic heterocycles. The predicted octanol–water partition coefficient (Wildman–Crippen LogP) is 5.75. The summed E-state index contributed by atoms with van der Waals surface area (Å²) in [6, 6.07) is 7.19. The van der Waals surface area contributed by atoms with Crippen molar-refractivity contribution >= 4 is 56.0 Å². The molecule has 31 heavy (non-hydrogen) atoms. The van der Waals surface area contributed by atoms with Gasteiger partial charge in [-0.3, -0.25) is 9.98 Å². The number of aliphatic imine (C=N–C) groups is 1. The molecule has 4 rings (SSSR count). The Labute approximate surface area is 191 Å². The Kier molecular flexibility index (Phi) is 6.60. The fourth-order valence-corrected chi connectivity index (χ4v) is 3.76. The Morgan fingerprint density at radius 3 is 2.81 bits per heavy atom. The number of aromatic nitrogens is 2. The van der Waals surface area contributed by atoms with Crippen molar-refractivity contribution in [3.8, 4) is 0 Å². The molecule has 1 aromatic carbocycles. The quantitative estimate of drug-likeness (QED) is 0.361. The van der Waals surface area contributed by atoms with Gasteiger partial charge in [-0.1, -0.05) is 11.6 Å². The first-order chi connectivity index (χ1) is 14.9. The summed E-state index contributed by atoms with van der Waals surface area (Å²) < 4.78 is 34.6. The van der Waals surface area contributed by atoms with Gasteiger partial charge >= 0.3 is 0 Å². The van der Waals surface area contributed by atoms with Crippen LogP contribution in [0.3, 0.4) is 0 Å². The normalized spacial score (nSPS) is 17.9. The molecule has 5 nitrogen and oxygen atoms in total. The summed E-state index contributed by atoms with van der Waals surface area (Å²) in [5.74, 6) is -1.69. The summed E-state index contributed by atoms with van der Waals surface area (Å²) in [6.07, 6.45) is 5.67. The monoisotopic (exact) mass is 506 g/mol. The van der Waals surface area contributed by atoms with Gasteiger partial charge in [-0.05, 0) is 59.5 Å². The van der Waals surface area contributed by atoms with E-state index in [1.54, 1.807) is 18.3 Å². The molecule has 1 unspecified atom stereocenters. The molecule has 0 bridgehead atoms. The van der Waals surface area contributed by atoms with E-state index in [1.165, 1.54) is 6.21 Å². The van der Waals surface area contributed by atoms with E-state index >= 15 is 0 Å². The van der Waals surface area contributed by atoms with Gasteiger partial charge < -0.3 is 10.5 Å².